The van der Waals surface area contributed by atoms with Crippen LogP contribution < -0.4 is 14.2 Å². The molecule has 1 unspecified atom stereocenters. The van der Waals surface area contributed by atoms with Crippen molar-refractivity contribution in [2.75, 3.05) is 20.4 Å². The van der Waals surface area contributed by atoms with Crippen molar-refractivity contribution in [3.63, 3.8) is 0 Å². The van der Waals surface area contributed by atoms with E-state index < -0.39 is 17.7 Å². The number of benzene rings is 2. The van der Waals surface area contributed by atoms with Gasteiger partial charge < -0.3 is 28.8 Å². The van der Waals surface area contributed by atoms with E-state index >= 15 is 0 Å². The van der Waals surface area contributed by atoms with Gasteiger partial charge in [0.2, 0.25) is 6.79 Å². The summed E-state index contributed by atoms with van der Waals surface area (Å²) >= 11 is 0. The Labute approximate surface area is 195 Å². The molecule has 9 nitrogen and oxygen atoms in total. The molecule has 1 amide bonds. The van der Waals surface area contributed by atoms with E-state index in [1.807, 2.05) is 22.9 Å². The summed E-state index contributed by atoms with van der Waals surface area (Å²) in [5.74, 6) is -0.141. The highest BCUT2D eigenvalue weighted by atomic mass is 16.7. The number of likely N-dealkylation sites (tertiary alicyclic amines) is 1. The van der Waals surface area contributed by atoms with Gasteiger partial charge in [-0.15, -0.1) is 0 Å². The van der Waals surface area contributed by atoms with Crippen LogP contribution in [0.5, 0.6) is 17.2 Å². The van der Waals surface area contributed by atoms with Crippen molar-refractivity contribution in [1.82, 2.24) is 14.5 Å². The number of aliphatic hydroxyl groups excluding tert-OH is 1. The lowest BCUT2D eigenvalue weighted by atomic mass is 9.94. The molecule has 0 bridgehead atoms. The maximum atomic E-state index is 13.2. The number of carbonyl (C=O) groups is 2. The summed E-state index contributed by atoms with van der Waals surface area (Å²) in [7, 11) is 1.53. The molecule has 2 aliphatic heterocycles. The van der Waals surface area contributed by atoms with E-state index in [4.69, 9.17) is 14.2 Å². The van der Waals surface area contributed by atoms with Gasteiger partial charge in [0.25, 0.3) is 11.7 Å². The third-order valence-corrected chi connectivity index (χ3v) is 5.99. The molecule has 1 fully saturated rings. The maximum Gasteiger partial charge on any atom is 0.295 e. The average molecular weight is 461 g/mol. The van der Waals surface area contributed by atoms with Gasteiger partial charge >= 0.3 is 0 Å². The number of hydrogen-bond acceptors (Lipinski definition) is 7. The first-order valence-corrected chi connectivity index (χ1v) is 10.9. The van der Waals surface area contributed by atoms with Crippen LogP contribution in [0.15, 0.2) is 66.8 Å². The molecule has 3 heterocycles. The van der Waals surface area contributed by atoms with Gasteiger partial charge in [-0.3, -0.25) is 9.59 Å². The number of ketones is 1. The van der Waals surface area contributed by atoms with Crippen LogP contribution in [-0.2, 0) is 16.1 Å². The number of Topliss-reactive ketones (excluding diaryl/α,β-unsaturated/α-hetero) is 1. The zero-order valence-corrected chi connectivity index (χ0v) is 18.5. The van der Waals surface area contributed by atoms with Gasteiger partial charge in [0.1, 0.15) is 11.5 Å². The highest BCUT2D eigenvalue weighted by molar-refractivity contribution is 6.46. The molecule has 0 radical (unpaired) electrons. The lowest BCUT2D eigenvalue weighted by Crippen LogP contribution is -2.31. The van der Waals surface area contributed by atoms with E-state index in [1.54, 1.807) is 42.9 Å². The van der Waals surface area contributed by atoms with E-state index in [1.165, 1.54) is 12.0 Å². The quantitative estimate of drug-likeness (QED) is 0.328. The predicted octanol–water partition coefficient (Wildman–Crippen LogP) is 3.13. The molecule has 2 aliphatic rings. The number of aliphatic hydroxyl groups is 1. The van der Waals surface area contributed by atoms with E-state index in [0.29, 0.717) is 47.9 Å². The number of carbonyl (C=O) groups excluding carboxylic acids is 2. The van der Waals surface area contributed by atoms with Crippen molar-refractivity contribution in [3.8, 4) is 17.2 Å². The average Bonchev–Trinajstić information content (AvgIpc) is 3.60. The van der Waals surface area contributed by atoms with Gasteiger partial charge in [-0.05, 0) is 30.7 Å². The number of nitrogens with zero attached hydrogens (tertiary/aromatic N) is 3. The van der Waals surface area contributed by atoms with E-state index in [0.717, 1.165) is 0 Å². The molecule has 0 spiro atoms. The minimum absolute atomic E-state index is 0.0102. The second kappa shape index (κ2) is 8.93. The third kappa shape index (κ3) is 3.75. The Morgan fingerprint density at radius 2 is 1.97 bits per heavy atom. The number of aromatic nitrogens is 2. The second-order valence-electron chi connectivity index (χ2n) is 7.96. The van der Waals surface area contributed by atoms with Crippen LogP contribution >= 0.6 is 0 Å². The van der Waals surface area contributed by atoms with Crippen LogP contribution in [0.25, 0.3) is 5.76 Å². The van der Waals surface area contributed by atoms with E-state index in [2.05, 4.69) is 4.98 Å². The first kappa shape index (κ1) is 21.6. The predicted molar refractivity (Wildman–Crippen MR) is 121 cm³/mol. The molecule has 1 atom stereocenters. The maximum absolute atomic E-state index is 13.2. The number of para-hydroxylation sites is 1. The van der Waals surface area contributed by atoms with E-state index in [-0.39, 0.29) is 18.1 Å². The van der Waals surface area contributed by atoms with Crippen LogP contribution in [0.3, 0.4) is 0 Å². The zero-order valence-electron chi connectivity index (χ0n) is 18.5. The van der Waals surface area contributed by atoms with Gasteiger partial charge in [-0.2, -0.15) is 0 Å². The lowest BCUT2D eigenvalue weighted by Gasteiger charge is -2.26. The molecule has 34 heavy (non-hydrogen) atoms. The van der Waals surface area contributed by atoms with Crippen molar-refractivity contribution in [1.29, 1.82) is 0 Å². The number of hydrogen-bond donors (Lipinski definition) is 1. The van der Waals surface area contributed by atoms with Gasteiger partial charge in [-0.25, -0.2) is 4.98 Å². The van der Waals surface area contributed by atoms with Crippen molar-refractivity contribution in [2.24, 2.45) is 0 Å². The summed E-state index contributed by atoms with van der Waals surface area (Å²) in [6.07, 6.45) is 5.82. The van der Waals surface area contributed by atoms with Gasteiger partial charge in [0.05, 0.1) is 25.1 Å². The molecule has 3 aromatic rings. The van der Waals surface area contributed by atoms with Gasteiger partial charge in [0.15, 0.2) is 11.5 Å². The largest absolute Gasteiger partial charge is 0.507 e. The highest BCUT2D eigenvalue weighted by Gasteiger charge is 2.46. The standard InChI is InChI=1S/C25H23N3O6/c1-32-18-6-3-2-5-17(18)22-21(23(29)16-7-8-19-20(13-16)34-15-33-19)24(30)25(31)28(22)11-4-10-27-12-9-26-14-27/h2-3,5-9,12-14,22,29H,4,10-11,15H2,1H3/b23-21+. The molecular formula is C25H23N3O6. The molecule has 174 valence electrons. The Hall–Kier alpha value is -4.27. The SMILES string of the molecule is COc1ccccc1C1/C(=C(\O)c2ccc3c(c2)OCO3)C(=O)C(=O)N1CCCn1ccnc1. The topological polar surface area (TPSA) is 103 Å². The normalized spacial score (nSPS) is 18.5. The number of imidazole rings is 1. The Bertz CT molecular complexity index is 1270. The fourth-order valence-corrected chi connectivity index (χ4v) is 4.37. The highest BCUT2D eigenvalue weighted by Crippen LogP contribution is 2.43. The van der Waals surface area contributed by atoms with Crippen LogP contribution in [0.2, 0.25) is 0 Å². The van der Waals surface area contributed by atoms with Crippen molar-refractivity contribution in [3.05, 3.63) is 77.9 Å². The molecule has 9 heteroatoms. The van der Waals surface area contributed by atoms with Gasteiger partial charge in [0, 0.05) is 36.6 Å². The number of fused-ring (bicyclic) bond motifs is 1. The summed E-state index contributed by atoms with van der Waals surface area (Å²) in [5, 5.41) is 11.3. The molecule has 2 aromatic carbocycles. The molecule has 0 saturated carbocycles. The first-order chi connectivity index (χ1) is 16.6. The summed E-state index contributed by atoms with van der Waals surface area (Å²) in [4.78, 5) is 31.9. The van der Waals surface area contributed by atoms with Crippen LogP contribution in [0.4, 0.5) is 0 Å². The van der Waals surface area contributed by atoms with Crippen molar-refractivity contribution in [2.45, 2.75) is 19.0 Å². The van der Waals surface area contributed by atoms with Crippen LogP contribution in [0, 0.1) is 0 Å². The fraction of sp³-hybridized carbons (Fsp3) is 0.240. The molecular weight excluding hydrogens is 438 g/mol. The summed E-state index contributed by atoms with van der Waals surface area (Å²) in [5.41, 5.74) is 0.991. The lowest BCUT2D eigenvalue weighted by molar-refractivity contribution is -0.140. The zero-order chi connectivity index (χ0) is 23.7. The summed E-state index contributed by atoms with van der Waals surface area (Å²) in [6, 6.07) is 11.3. The Kier molecular flexibility index (Phi) is 5.67. The summed E-state index contributed by atoms with van der Waals surface area (Å²) < 4.78 is 18.2. The molecule has 1 N–H and O–H groups in total. The van der Waals surface area contributed by atoms with Crippen LogP contribution in [0.1, 0.15) is 23.6 Å². The second-order valence-corrected chi connectivity index (χ2v) is 7.96. The minimum atomic E-state index is -0.802. The van der Waals surface area contributed by atoms with Crippen LogP contribution in [-0.4, -0.2) is 51.7 Å². The monoisotopic (exact) mass is 461 g/mol. The third-order valence-electron chi connectivity index (χ3n) is 5.99. The number of rotatable bonds is 7. The fourth-order valence-electron chi connectivity index (χ4n) is 4.37. The van der Waals surface area contributed by atoms with Crippen molar-refractivity contribution >= 4 is 17.4 Å². The number of amides is 1. The number of methoxy groups -OCH3 is 1. The molecule has 5 rings (SSSR count). The smallest absolute Gasteiger partial charge is 0.295 e. The molecule has 0 aliphatic carbocycles. The summed E-state index contributed by atoms with van der Waals surface area (Å²) in [6.45, 7) is 1.02. The number of aryl methyl sites for hydroxylation is 1. The Morgan fingerprint density at radius 3 is 2.76 bits per heavy atom. The Balaban J connectivity index is 1.56. The molecule has 1 aromatic heterocycles. The van der Waals surface area contributed by atoms with Gasteiger partial charge in [-0.1, -0.05) is 18.2 Å². The van der Waals surface area contributed by atoms with Crippen molar-refractivity contribution < 1.29 is 28.9 Å². The first-order valence-electron chi connectivity index (χ1n) is 10.9. The number of ether oxygens (including phenoxy) is 3. The van der Waals surface area contributed by atoms with E-state index in [9.17, 15) is 14.7 Å². The Morgan fingerprint density at radius 1 is 1.15 bits per heavy atom. The minimum Gasteiger partial charge on any atom is -0.507 e. The molecule has 1 saturated heterocycles.